The van der Waals surface area contributed by atoms with Gasteiger partial charge in [0, 0.05) is 25.3 Å². The van der Waals surface area contributed by atoms with Crippen LogP contribution >= 0.6 is 0 Å². The van der Waals surface area contributed by atoms with Gasteiger partial charge in [0.25, 0.3) is 0 Å². The second kappa shape index (κ2) is 5.15. The van der Waals surface area contributed by atoms with Crippen molar-refractivity contribution in [2.75, 3.05) is 19.0 Å². The Hall–Kier alpha value is -2.04. The molecule has 0 saturated heterocycles. The topological polar surface area (TPSA) is 3.24 Å². The van der Waals surface area contributed by atoms with Crippen LogP contribution in [-0.2, 0) is 6.18 Å². The quantitative estimate of drug-likeness (QED) is 0.729. The largest absolute Gasteiger partial charge is 0.416 e. The average molecular weight is 283 g/mol. The van der Waals surface area contributed by atoms with Crippen molar-refractivity contribution in [2.45, 2.75) is 6.18 Å². The Balaban J connectivity index is 2.44. The third-order valence-electron chi connectivity index (χ3n) is 2.99. The Labute approximate surface area is 114 Å². The van der Waals surface area contributed by atoms with Crippen molar-refractivity contribution in [3.05, 3.63) is 53.8 Å². The van der Waals surface area contributed by atoms with E-state index < -0.39 is 17.6 Å². The highest BCUT2D eigenvalue weighted by atomic mass is 19.4. The standard InChI is InChI=1S/C15H13F4N/c1-20(2)12-7-8-14(16)13(9-12)10-3-5-11(6-4-10)15(17,18)19/h3-9H,1-2H3. The summed E-state index contributed by atoms with van der Waals surface area (Å²) in [4.78, 5) is 1.80. The number of hydrogen-bond donors (Lipinski definition) is 0. The number of halogens is 4. The number of nitrogens with zero attached hydrogens (tertiary/aromatic N) is 1. The van der Waals surface area contributed by atoms with E-state index in [2.05, 4.69) is 0 Å². The van der Waals surface area contributed by atoms with Crippen molar-refractivity contribution in [2.24, 2.45) is 0 Å². The van der Waals surface area contributed by atoms with Crippen molar-refractivity contribution in [3.8, 4) is 11.1 Å². The van der Waals surface area contributed by atoms with E-state index in [9.17, 15) is 17.6 Å². The summed E-state index contributed by atoms with van der Waals surface area (Å²) >= 11 is 0. The van der Waals surface area contributed by atoms with Gasteiger partial charge in [0.15, 0.2) is 0 Å². The molecule has 0 amide bonds. The molecule has 0 spiro atoms. The summed E-state index contributed by atoms with van der Waals surface area (Å²) in [5.41, 5.74) is 0.732. The highest BCUT2D eigenvalue weighted by Gasteiger charge is 2.30. The Morgan fingerprint density at radius 1 is 0.900 bits per heavy atom. The molecule has 1 nitrogen and oxygen atoms in total. The predicted molar refractivity (Wildman–Crippen MR) is 71.2 cm³/mol. The van der Waals surface area contributed by atoms with Crippen LogP contribution in [0.25, 0.3) is 11.1 Å². The normalized spacial score (nSPS) is 11.5. The van der Waals surface area contributed by atoms with E-state index in [0.717, 1.165) is 17.8 Å². The molecule has 0 bridgehead atoms. The van der Waals surface area contributed by atoms with E-state index in [1.807, 2.05) is 14.1 Å². The molecular weight excluding hydrogens is 270 g/mol. The second-order valence-corrected chi connectivity index (χ2v) is 4.63. The zero-order valence-corrected chi connectivity index (χ0v) is 11.0. The number of hydrogen-bond acceptors (Lipinski definition) is 1. The number of alkyl halides is 3. The van der Waals surface area contributed by atoms with Crippen LogP contribution in [0.3, 0.4) is 0 Å². The Morgan fingerprint density at radius 3 is 2.00 bits per heavy atom. The first kappa shape index (κ1) is 14.4. The van der Waals surface area contributed by atoms with E-state index in [-0.39, 0.29) is 5.56 Å². The molecule has 0 N–H and O–H groups in total. The molecular formula is C15H13F4N. The molecule has 0 saturated carbocycles. The van der Waals surface area contributed by atoms with Gasteiger partial charge < -0.3 is 4.90 Å². The maximum Gasteiger partial charge on any atom is 0.416 e. The summed E-state index contributed by atoms with van der Waals surface area (Å²) in [6.45, 7) is 0. The van der Waals surface area contributed by atoms with Crippen LogP contribution in [0.2, 0.25) is 0 Å². The molecule has 20 heavy (non-hydrogen) atoms. The summed E-state index contributed by atoms with van der Waals surface area (Å²) in [7, 11) is 3.62. The number of benzene rings is 2. The zero-order chi connectivity index (χ0) is 14.9. The number of rotatable bonds is 2. The van der Waals surface area contributed by atoms with Gasteiger partial charge in [0.2, 0.25) is 0 Å². The zero-order valence-electron chi connectivity index (χ0n) is 11.0. The minimum Gasteiger partial charge on any atom is -0.378 e. The first-order valence-corrected chi connectivity index (χ1v) is 5.93. The van der Waals surface area contributed by atoms with E-state index in [1.165, 1.54) is 18.2 Å². The van der Waals surface area contributed by atoms with Gasteiger partial charge in [-0.3, -0.25) is 0 Å². The Kier molecular flexibility index (Phi) is 3.70. The van der Waals surface area contributed by atoms with Crippen LogP contribution in [0.5, 0.6) is 0 Å². The van der Waals surface area contributed by atoms with Crippen molar-refractivity contribution < 1.29 is 17.6 Å². The highest BCUT2D eigenvalue weighted by molar-refractivity contribution is 5.69. The minimum atomic E-state index is -4.39. The fraction of sp³-hybridized carbons (Fsp3) is 0.200. The first-order valence-electron chi connectivity index (χ1n) is 5.93. The van der Waals surface area contributed by atoms with Gasteiger partial charge in [-0.2, -0.15) is 13.2 Å². The fourth-order valence-corrected chi connectivity index (χ4v) is 1.85. The molecule has 2 aromatic rings. The van der Waals surface area contributed by atoms with Crippen LogP contribution < -0.4 is 4.90 Å². The average Bonchev–Trinajstić information content (AvgIpc) is 2.38. The highest BCUT2D eigenvalue weighted by Crippen LogP contribution is 2.32. The first-order chi connectivity index (χ1) is 9.29. The third-order valence-corrected chi connectivity index (χ3v) is 2.99. The van der Waals surface area contributed by atoms with Crippen LogP contribution in [-0.4, -0.2) is 14.1 Å². The molecule has 2 aromatic carbocycles. The van der Waals surface area contributed by atoms with Gasteiger partial charge >= 0.3 is 6.18 Å². The lowest BCUT2D eigenvalue weighted by Gasteiger charge is -2.14. The van der Waals surface area contributed by atoms with E-state index in [1.54, 1.807) is 17.0 Å². The molecule has 0 atom stereocenters. The molecule has 106 valence electrons. The van der Waals surface area contributed by atoms with E-state index in [4.69, 9.17) is 0 Å². The summed E-state index contributed by atoms with van der Waals surface area (Å²) in [6.07, 6.45) is -4.39. The molecule has 0 aromatic heterocycles. The number of anilines is 1. The fourth-order valence-electron chi connectivity index (χ4n) is 1.85. The maximum absolute atomic E-state index is 13.8. The molecule has 2 rings (SSSR count). The van der Waals surface area contributed by atoms with Gasteiger partial charge in [-0.15, -0.1) is 0 Å². The molecule has 5 heteroatoms. The van der Waals surface area contributed by atoms with Crippen LogP contribution in [0.15, 0.2) is 42.5 Å². The smallest absolute Gasteiger partial charge is 0.378 e. The van der Waals surface area contributed by atoms with Crippen LogP contribution in [0.1, 0.15) is 5.56 Å². The Bertz CT molecular complexity index is 600. The van der Waals surface area contributed by atoms with E-state index >= 15 is 0 Å². The van der Waals surface area contributed by atoms with Crippen LogP contribution in [0, 0.1) is 5.82 Å². The van der Waals surface area contributed by atoms with Gasteiger partial charge in [0.1, 0.15) is 5.82 Å². The molecule has 0 aliphatic carbocycles. The molecule has 0 aliphatic heterocycles. The SMILES string of the molecule is CN(C)c1ccc(F)c(-c2ccc(C(F)(F)F)cc2)c1. The van der Waals surface area contributed by atoms with Gasteiger partial charge in [0.05, 0.1) is 5.56 Å². The van der Waals surface area contributed by atoms with Crippen molar-refractivity contribution in [3.63, 3.8) is 0 Å². The molecule has 0 fully saturated rings. The second-order valence-electron chi connectivity index (χ2n) is 4.63. The lowest BCUT2D eigenvalue weighted by Crippen LogP contribution is -2.08. The summed E-state index contributed by atoms with van der Waals surface area (Å²) in [5, 5.41) is 0. The lowest BCUT2D eigenvalue weighted by molar-refractivity contribution is -0.137. The van der Waals surface area contributed by atoms with Crippen LogP contribution in [0.4, 0.5) is 23.2 Å². The summed E-state index contributed by atoms with van der Waals surface area (Å²) in [6, 6.07) is 9.00. The van der Waals surface area contributed by atoms with Gasteiger partial charge in [-0.1, -0.05) is 12.1 Å². The van der Waals surface area contributed by atoms with Gasteiger partial charge in [-0.25, -0.2) is 4.39 Å². The van der Waals surface area contributed by atoms with Crippen molar-refractivity contribution in [1.29, 1.82) is 0 Å². The molecule has 0 radical (unpaired) electrons. The predicted octanol–water partition coefficient (Wildman–Crippen LogP) is 4.58. The van der Waals surface area contributed by atoms with Gasteiger partial charge in [-0.05, 0) is 35.9 Å². The maximum atomic E-state index is 13.8. The van der Waals surface area contributed by atoms with Crippen molar-refractivity contribution in [1.82, 2.24) is 0 Å². The Morgan fingerprint density at radius 2 is 1.50 bits per heavy atom. The minimum absolute atomic E-state index is 0.282. The third kappa shape index (κ3) is 2.92. The summed E-state index contributed by atoms with van der Waals surface area (Å²) < 4.78 is 51.3. The summed E-state index contributed by atoms with van der Waals surface area (Å²) in [5.74, 6) is -0.463. The monoisotopic (exact) mass is 283 g/mol. The van der Waals surface area contributed by atoms with Crippen molar-refractivity contribution >= 4 is 5.69 Å². The lowest BCUT2D eigenvalue weighted by atomic mass is 10.0. The molecule has 0 heterocycles. The molecule has 0 unspecified atom stereocenters. The van der Waals surface area contributed by atoms with E-state index in [0.29, 0.717) is 5.56 Å². The molecule has 0 aliphatic rings.